The van der Waals surface area contributed by atoms with E-state index in [1.165, 1.54) is 0 Å². The third kappa shape index (κ3) is 6.65. The highest BCUT2D eigenvalue weighted by Gasteiger charge is 2.33. The Hall–Kier alpha value is -2.89. The van der Waals surface area contributed by atoms with Gasteiger partial charge in [0, 0.05) is 16.8 Å². The lowest BCUT2D eigenvalue weighted by Crippen LogP contribution is -2.29. The molecule has 1 atom stereocenters. The van der Waals surface area contributed by atoms with Gasteiger partial charge < -0.3 is 19.7 Å². The van der Waals surface area contributed by atoms with Crippen LogP contribution in [0.4, 0.5) is 0 Å². The number of nitrogens with two attached hydrogens (primary N) is 1. The van der Waals surface area contributed by atoms with Gasteiger partial charge in [0.05, 0.1) is 6.61 Å². The molecule has 0 aliphatic heterocycles. The van der Waals surface area contributed by atoms with E-state index in [0.717, 1.165) is 54.0 Å². The van der Waals surface area contributed by atoms with E-state index in [4.69, 9.17) is 19.3 Å². The van der Waals surface area contributed by atoms with Crippen LogP contribution in [0.3, 0.4) is 0 Å². The van der Waals surface area contributed by atoms with Crippen LogP contribution >= 0.6 is 7.82 Å². The van der Waals surface area contributed by atoms with Gasteiger partial charge in [0.2, 0.25) is 0 Å². The number of hydrogen-bond acceptors (Lipinski definition) is 6. The molecule has 7 heteroatoms. The lowest BCUT2D eigenvalue weighted by Gasteiger charge is -2.23. The van der Waals surface area contributed by atoms with Crippen molar-refractivity contribution in [3.05, 3.63) is 84.9 Å². The first-order valence-electron chi connectivity index (χ1n) is 12.6. The third-order valence-electron chi connectivity index (χ3n) is 6.31. The average molecular weight is 507 g/mol. The van der Waals surface area contributed by atoms with Gasteiger partial charge in [-0.25, -0.2) is 4.57 Å². The molecule has 2 N–H and O–H groups in total. The first kappa shape index (κ1) is 26.2. The van der Waals surface area contributed by atoms with E-state index in [9.17, 15) is 4.57 Å². The molecule has 190 valence electrons. The van der Waals surface area contributed by atoms with Crippen LogP contribution in [0.15, 0.2) is 84.9 Å². The number of fused-ring (bicyclic) bond motifs is 2. The molecule has 0 aromatic heterocycles. The van der Waals surface area contributed by atoms with Crippen LogP contribution in [0.1, 0.15) is 26.7 Å². The molecule has 36 heavy (non-hydrogen) atoms. The molecular formula is C29H35N2O4P. The number of nitrogens with zero attached hydrogens (tertiary/aromatic N) is 1. The van der Waals surface area contributed by atoms with Gasteiger partial charge in [-0.15, -0.1) is 0 Å². The second kappa shape index (κ2) is 12.4. The van der Waals surface area contributed by atoms with E-state index in [-0.39, 0.29) is 12.6 Å². The monoisotopic (exact) mass is 506 g/mol. The maximum Gasteiger partial charge on any atom is 0.587 e. The summed E-state index contributed by atoms with van der Waals surface area (Å²) in [5.41, 5.74) is 6.34. The van der Waals surface area contributed by atoms with Gasteiger partial charge in [-0.3, -0.25) is 4.52 Å². The topological polar surface area (TPSA) is 74.0 Å². The van der Waals surface area contributed by atoms with E-state index in [1.807, 2.05) is 72.8 Å². The Bertz CT molecular complexity index is 1230. The molecule has 0 saturated heterocycles. The van der Waals surface area contributed by atoms with Crippen molar-refractivity contribution >= 4 is 29.4 Å². The number of hydrogen-bond donors (Lipinski definition) is 1. The standard InChI is InChI=1S/C29H35N2O4P/c1-3-31(4-2)21-11-16-25(30)22-33-36(32,34-28-19-9-14-23-12-5-7-17-26(23)28)35-29-20-10-15-24-13-6-8-18-27(24)29/h5-10,12-15,17-20,25H,3-4,11,16,21-22,30H2,1-2H3. The Morgan fingerprint density at radius 1 is 0.778 bits per heavy atom. The summed E-state index contributed by atoms with van der Waals surface area (Å²) in [6.07, 6.45) is 1.68. The number of phosphoric acid groups is 1. The maximum absolute atomic E-state index is 14.1. The van der Waals surface area contributed by atoms with Crippen molar-refractivity contribution in [2.45, 2.75) is 32.7 Å². The summed E-state index contributed by atoms with van der Waals surface area (Å²) >= 11 is 0. The zero-order valence-electron chi connectivity index (χ0n) is 21.0. The molecule has 4 aromatic rings. The minimum Gasteiger partial charge on any atom is -0.394 e. The lowest BCUT2D eigenvalue weighted by molar-refractivity contribution is 0.193. The molecule has 0 radical (unpaired) electrons. The van der Waals surface area contributed by atoms with E-state index in [0.29, 0.717) is 11.5 Å². The molecule has 0 bridgehead atoms. The van der Waals surface area contributed by atoms with Gasteiger partial charge in [-0.05, 0) is 55.4 Å². The predicted octanol–water partition coefficient (Wildman–Crippen LogP) is 7.02. The van der Waals surface area contributed by atoms with Crippen LogP contribution in [0.25, 0.3) is 21.5 Å². The minimum atomic E-state index is -4.08. The Morgan fingerprint density at radius 2 is 1.28 bits per heavy atom. The molecule has 0 spiro atoms. The molecule has 0 aliphatic rings. The van der Waals surface area contributed by atoms with Crippen molar-refractivity contribution in [2.75, 3.05) is 26.2 Å². The fourth-order valence-corrected chi connectivity index (χ4v) is 5.57. The highest BCUT2D eigenvalue weighted by atomic mass is 31.2. The molecule has 0 amide bonds. The van der Waals surface area contributed by atoms with Gasteiger partial charge in [-0.2, -0.15) is 0 Å². The third-order valence-corrected chi connectivity index (χ3v) is 7.62. The summed E-state index contributed by atoms with van der Waals surface area (Å²) in [4.78, 5) is 2.35. The Morgan fingerprint density at radius 3 is 1.81 bits per heavy atom. The van der Waals surface area contributed by atoms with E-state index in [2.05, 4.69) is 18.7 Å². The fraction of sp³-hybridized carbons (Fsp3) is 0.310. The molecule has 0 aliphatic carbocycles. The highest BCUT2D eigenvalue weighted by molar-refractivity contribution is 7.49. The van der Waals surface area contributed by atoms with Crippen molar-refractivity contribution in [3.8, 4) is 11.5 Å². The van der Waals surface area contributed by atoms with Gasteiger partial charge >= 0.3 is 7.82 Å². The molecule has 4 rings (SSSR count). The summed E-state index contributed by atoms with van der Waals surface area (Å²) in [6, 6.07) is 26.5. The summed E-state index contributed by atoms with van der Waals surface area (Å²) in [5.74, 6) is 0.874. The fourth-order valence-electron chi connectivity index (χ4n) is 4.25. The zero-order valence-corrected chi connectivity index (χ0v) is 21.9. The first-order chi connectivity index (χ1) is 17.5. The Labute approximate surface area is 213 Å². The summed E-state index contributed by atoms with van der Waals surface area (Å²) in [7, 11) is -4.08. The number of phosphoric ester groups is 1. The number of rotatable bonds is 13. The lowest BCUT2D eigenvalue weighted by atomic mass is 10.1. The molecule has 0 fully saturated rings. The summed E-state index contributed by atoms with van der Waals surface area (Å²) in [6.45, 7) is 7.35. The second-order valence-corrected chi connectivity index (χ2v) is 10.3. The van der Waals surface area contributed by atoms with Crippen molar-refractivity contribution in [1.82, 2.24) is 4.90 Å². The molecule has 0 saturated carbocycles. The maximum atomic E-state index is 14.1. The molecular weight excluding hydrogens is 471 g/mol. The van der Waals surface area contributed by atoms with Gasteiger partial charge in [0.15, 0.2) is 0 Å². The van der Waals surface area contributed by atoms with E-state index < -0.39 is 7.82 Å². The SMILES string of the molecule is CCN(CC)CCCC(N)COP(=O)(Oc1cccc2ccccc12)Oc1cccc2ccccc12. The smallest absolute Gasteiger partial charge is 0.394 e. The molecule has 1 unspecified atom stereocenters. The van der Waals surface area contributed by atoms with Crippen LogP contribution in [-0.4, -0.2) is 37.2 Å². The van der Waals surface area contributed by atoms with Crippen LogP contribution < -0.4 is 14.8 Å². The van der Waals surface area contributed by atoms with Crippen LogP contribution in [-0.2, 0) is 9.09 Å². The normalized spacial score (nSPS) is 12.8. The van der Waals surface area contributed by atoms with Gasteiger partial charge in [0.25, 0.3) is 0 Å². The number of benzene rings is 4. The minimum absolute atomic E-state index is 0.0606. The molecule has 4 aromatic carbocycles. The second-order valence-electron chi connectivity index (χ2n) is 8.81. The molecule has 0 heterocycles. The van der Waals surface area contributed by atoms with E-state index in [1.54, 1.807) is 12.1 Å². The summed E-state index contributed by atoms with van der Waals surface area (Å²) < 4.78 is 32.1. The average Bonchev–Trinajstić information content (AvgIpc) is 2.90. The highest BCUT2D eigenvalue weighted by Crippen LogP contribution is 2.52. The summed E-state index contributed by atoms with van der Waals surface area (Å²) in [5, 5.41) is 3.60. The van der Waals surface area contributed by atoms with E-state index >= 15 is 0 Å². The van der Waals surface area contributed by atoms with Crippen molar-refractivity contribution in [3.63, 3.8) is 0 Å². The van der Waals surface area contributed by atoms with Crippen molar-refractivity contribution in [2.24, 2.45) is 5.73 Å². The van der Waals surface area contributed by atoms with Crippen LogP contribution in [0, 0.1) is 0 Å². The Balaban J connectivity index is 1.55. The largest absolute Gasteiger partial charge is 0.587 e. The first-order valence-corrected chi connectivity index (χ1v) is 14.0. The van der Waals surface area contributed by atoms with Gasteiger partial charge in [-0.1, -0.05) is 86.6 Å². The predicted molar refractivity (Wildman–Crippen MR) is 148 cm³/mol. The van der Waals surface area contributed by atoms with Crippen LogP contribution in [0.2, 0.25) is 0 Å². The quantitative estimate of drug-likeness (QED) is 0.196. The molecule has 6 nitrogen and oxygen atoms in total. The van der Waals surface area contributed by atoms with Crippen molar-refractivity contribution < 1.29 is 18.1 Å². The van der Waals surface area contributed by atoms with Crippen molar-refractivity contribution in [1.29, 1.82) is 0 Å². The zero-order chi connectivity index (χ0) is 25.4. The van der Waals surface area contributed by atoms with Crippen LogP contribution in [0.5, 0.6) is 11.5 Å². The van der Waals surface area contributed by atoms with Gasteiger partial charge in [0.1, 0.15) is 11.5 Å². The Kier molecular flexibility index (Phi) is 9.00.